The minimum Gasteiger partial charge on any atom is -0.463 e. The van der Waals surface area contributed by atoms with Crippen molar-refractivity contribution in [1.29, 1.82) is 0 Å². The van der Waals surface area contributed by atoms with Crippen molar-refractivity contribution in [2.75, 3.05) is 13.2 Å². The molecular weight excluding hydrogens is 463 g/mol. The van der Waals surface area contributed by atoms with Gasteiger partial charge in [0.1, 0.15) is 0 Å². The Labute approximate surface area is 213 Å². The van der Waals surface area contributed by atoms with Crippen molar-refractivity contribution in [3.63, 3.8) is 0 Å². The summed E-state index contributed by atoms with van der Waals surface area (Å²) < 4.78 is 29.9. The van der Waals surface area contributed by atoms with E-state index in [0.29, 0.717) is 18.8 Å². The first-order chi connectivity index (χ1) is 17.4. The average Bonchev–Trinajstić information content (AvgIpc) is 2.91. The predicted molar refractivity (Wildman–Crippen MR) is 134 cm³/mol. The maximum atomic E-state index is 14.6. The van der Waals surface area contributed by atoms with Crippen LogP contribution in [0.15, 0.2) is 30.9 Å². The first-order valence-electron chi connectivity index (χ1n) is 13.4. The van der Waals surface area contributed by atoms with Crippen molar-refractivity contribution in [2.45, 2.75) is 77.6 Å². The number of halogens is 1. The Bertz CT molecular complexity index is 897. The van der Waals surface area contributed by atoms with E-state index in [4.69, 9.17) is 14.2 Å². The summed E-state index contributed by atoms with van der Waals surface area (Å²) in [5.74, 6) is -0.341. The number of rotatable bonds is 11. The Morgan fingerprint density at radius 2 is 1.56 bits per heavy atom. The van der Waals surface area contributed by atoms with Gasteiger partial charge in [0.2, 0.25) is 0 Å². The zero-order valence-corrected chi connectivity index (χ0v) is 21.3. The number of hydrogen-bond donors (Lipinski definition) is 0. The molecule has 0 radical (unpaired) electrons. The van der Waals surface area contributed by atoms with Crippen LogP contribution in [0.1, 0.15) is 87.9 Å². The lowest BCUT2D eigenvalue weighted by Crippen LogP contribution is -2.30. The molecule has 36 heavy (non-hydrogen) atoms. The van der Waals surface area contributed by atoms with Gasteiger partial charge < -0.3 is 14.2 Å². The van der Waals surface area contributed by atoms with Crippen LogP contribution in [0.3, 0.4) is 0 Å². The van der Waals surface area contributed by atoms with Crippen molar-refractivity contribution in [2.24, 2.45) is 23.7 Å². The van der Waals surface area contributed by atoms with E-state index in [1.54, 1.807) is 0 Å². The highest BCUT2D eigenvalue weighted by molar-refractivity contribution is 5.89. The third kappa shape index (κ3) is 8.17. The van der Waals surface area contributed by atoms with Gasteiger partial charge in [-0.15, -0.1) is 0 Å². The van der Waals surface area contributed by atoms with Crippen molar-refractivity contribution in [1.82, 2.24) is 0 Å². The number of carbonyl (C=O) groups excluding carboxylic acids is 3. The molecule has 6 nitrogen and oxygen atoms in total. The van der Waals surface area contributed by atoms with Gasteiger partial charge in [-0.1, -0.05) is 32.8 Å². The molecule has 0 amide bonds. The molecule has 0 heterocycles. The monoisotopic (exact) mass is 502 g/mol. The molecule has 3 rings (SSSR count). The number of unbranched alkanes of at least 4 members (excludes halogenated alkanes) is 1. The van der Waals surface area contributed by atoms with Crippen LogP contribution in [0.2, 0.25) is 0 Å². The molecule has 1 aromatic carbocycles. The van der Waals surface area contributed by atoms with Crippen LogP contribution in [-0.4, -0.2) is 31.1 Å². The van der Waals surface area contributed by atoms with Crippen molar-refractivity contribution >= 4 is 17.9 Å². The zero-order valence-electron chi connectivity index (χ0n) is 21.3. The van der Waals surface area contributed by atoms with Gasteiger partial charge in [-0.05, 0) is 87.3 Å². The Kier molecular flexibility index (Phi) is 11.0. The van der Waals surface area contributed by atoms with Crippen LogP contribution >= 0.6 is 0 Å². The standard InChI is InChI=1S/C29H39FO6/c1-3-20-7-9-21(10-8-20)22-11-13-23(14-12-22)29(33)36-26-16-15-24(19-25(26)30)28(32)35-18-6-5-17-34-27(31)4-2/h4,15-16,19-23H,2-3,5-14,17-18H2,1H3. The van der Waals surface area contributed by atoms with Crippen molar-refractivity contribution in [3.8, 4) is 5.75 Å². The van der Waals surface area contributed by atoms with Gasteiger partial charge in [-0.2, -0.15) is 0 Å². The normalized spacial score (nSPS) is 23.9. The van der Waals surface area contributed by atoms with E-state index in [1.807, 2.05) is 0 Å². The molecule has 2 saturated carbocycles. The lowest BCUT2D eigenvalue weighted by atomic mass is 9.69. The zero-order chi connectivity index (χ0) is 25.9. The summed E-state index contributed by atoms with van der Waals surface area (Å²) in [6, 6.07) is 3.72. The molecule has 0 aliphatic heterocycles. The minimum absolute atomic E-state index is 0.0451. The van der Waals surface area contributed by atoms with E-state index in [9.17, 15) is 18.8 Å². The van der Waals surface area contributed by atoms with Crippen molar-refractivity contribution < 1.29 is 33.0 Å². The van der Waals surface area contributed by atoms with E-state index in [-0.39, 0.29) is 30.4 Å². The fourth-order valence-electron chi connectivity index (χ4n) is 5.48. The Morgan fingerprint density at radius 1 is 0.944 bits per heavy atom. The second-order valence-corrected chi connectivity index (χ2v) is 10.1. The maximum absolute atomic E-state index is 14.6. The lowest BCUT2D eigenvalue weighted by molar-refractivity contribution is -0.141. The van der Waals surface area contributed by atoms with Gasteiger partial charge in [-0.25, -0.2) is 14.0 Å². The highest BCUT2D eigenvalue weighted by Crippen LogP contribution is 2.42. The van der Waals surface area contributed by atoms with E-state index in [0.717, 1.165) is 49.7 Å². The third-order valence-electron chi connectivity index (χ3n) is 7.80. The summed E-state index contributed by atoms with van der Waals surface area (Å²) in [7, 11) is 0. The average molecular weight is 503 g/mol. The first-order valence-corrected chi connectivity index (χ1v) is 13.4. The van der Waals surface area contributed by atoms with Crippen LogP contribution in [0.4, 0.5) is 4.39 Å². The molecule has 2 aliphatic rings. The maximum Gasteiger partial charge on any atom is 0.338 e. The lowest BCUT2D eigenvalue weighted by Gasteiger charge is -2.37. The molecule has 198 valence electrons. The quantitative estimate of drug-likeness (QED) is 0.150. The molecule has 7 heteroatoms. The SMILES string of the molecule is C=CC(=O)OCCCCOC(=O)c1ccc(OC(=O)C2CCC(C3CCC(CC)CC3)CC2)c(F)c1. The summed E-state index contributed by atoms with van der Waals surface area (Å²) in [5, 5.41) is 0. The fourth-order valence-corrected chi connectivity index (χ4v) is 5.48. The van der Waals surface area contributed by atoms with Crippen LogP contribution in [-0.2, 0) is 19.1 Å². The minimum atomic E-state index is -0.768. The Hall–Kier alpha value is -2.70. The largest absolute Gasteiger partial charge is 0.463 e. The summed E-state index contributed by atoms with van der Waals surface area (Å²) in [6.07, 6.45) is 12.3. The van der Waals surface area contributed by atoms with Crippen molar-refractivity contribution in [3.05, 3.63) is 42.2 Å². The van der Waals surface area contributed by atoms with E-state index in [1.165, 1.54) is 44.2 Å². The Balaban J connectivity index is 1.39. The Morgan fingerprint density at radius 3 is 2.14 bits per heavy atom. The topological polar surface area (TPSA) is 78.9 Å². The third-order valence-corrected chi connectivity index (χ3v) is 7.80. The highest BCUT2D eigenvalue weighted by atomic mass is 19.1. The molecule has 0 unspecified atom stereocenters. The summed E-state index contributed by atoms with van der Waals surface area (Å²) >= 11 is 0. The molecule has 0 spiro atoms. The van der Waals surface area contributed by atoms with Gasteiger partial charge >= 0.3 is 17.9 Å². The molecule has 0 atom stereocenters. The number of hydrogen-bond acceptors (Lipinski definition) is 6. The van der Waals surface area contributed by atoms with E-state index in [2.05, 4.69) is 13.5 Å². The second-order valence-electron chi connectivity index (χ2n) is 10.1. The highest BCUT2D eigenvalue weighted by Gasteiger charge is 2.33. The fraction of sp³-hybridized carbons (Fsp3) is 0.621. The molecule has 2 aliphatic carbocycles. The van der Waals surface area contributed by atoms with Gasteiger partial charge in [0, 0.05) is 6.08 Å². The molecule has 1 aromatic rings. The van der Waals surface area contributed by atoms with Gasteiger partial charge in [0.25, 0.3) is 0 Å². The summed E-state index contributed by atoms with van der Waals surface area (Å²) in [5.41, 5.74) is 0.0451. The van der Waals surface area contributed by atoms with E-state index < -0.39 is 23.7 Å². The van der Waals surface area contributed by atoms with Crippen LogP contribution < -0.4 is 4.74 Å². The smallest absolute Gasteiger partial charge is 0.338 e. The molecule has 0 saturated heterocycles. The number of esters is 3. The van der Waals surface area contributed by atoms with Crippen LogP contribution in [0, 0.1) is 29.5 Å². The van der Waals surface area contributed by atoms with Gasteiger partial charge in [0.15, 0.2) is 11.6 Å². The van der Waals surface area contributed by atoms with Gasteiger partial charge in [-0.3, -0.25) is 4.79 Å². The van der Waals surface area contributed by atoms with E-state index >= 15 is 0 Å². The van der Waals surface area contributed by atoms with Gasteiger partial charge in [0.05, 0.1) is 24.7 Å². The molecule has 2 fully saturated rings. The first kappa shape index (κ1) is 27.9. The molecule has 0 bridgehead atoms. The van der Waals surface area contributed by atoms with Crippen LogP contribution in [0.25, 0.3) is 0 Å². The molecular formula is C29H39FO6. The second kappa shape index (κ2) is 14.1. The molecule has 0 N–H and O–H groups in total. The number of benzene rings is 1. The molecule has 0 aromatic heterocycles. The number of carbonyl (C=O) groups is 3. The predicted octanol–water partition coefficient (Wildman–Crippen LogP) is 6.42. The summed E-state index contributed by atoms with van der Waals surface area (Å²) in [4.78, 5) is 35.8. The number of ether oxygens (including phenoxy) is 3. The summed E-state index contributed by atoms with van der Waals surface area (Å²) in [6.45, 7) is 5.91. The van der Waals surface area contributed by atoms with Crippen LogP contribution in [0.5, 0.6) is 5.75 Å².